The van der Waals surface area contributed by atoms with Gasteiger partial charge in [-0.3, -0.25) is 0 Å². The molecule has 1 aromatic carbocycles. The molecule has 0 bridgehead atoms. The summed E-state index contributed by atoms with van der Waals surface area (Å²) in [6, 6.07) is 5.33. The number of halogens is 1. The van der Waals surface area contributed by atoms with Crippen LogP contribution >= 0.6 is 11.6 Å². The lowest BCUT2D eigenvalue weighted by molar-refractivity contribution is 0.276. The van der Waals surface area contributed by atoms with Gasteiger partial charge in [-0.25, -0.2) is 4.68 Å². The van der Waals surface area contributed by atoms with E-state index in [1.807, 2.05) is 13.0 Å². The third kappa shape index (κ3) is 2.11. The third-order valence-electron chi connectivity index (χ3n) is 2.52. The second-order valence-corrected chi connectivity index (χ2v) is 3.92. The van der Waals surface area contributed by atoms with Crippen LogP contribution < -0.4 is 4.74 Å². The molecule has 0 saturated heterocycles. The second kappa shape index (κ2) is 4.73. The van der Waals surface area contributed by atoms with Crippen LogP contribution in [-0.4, -0.2) is 27.2 Å². The number of aliphatic hydroxyl groups excluding tert-OH is 1. The predicted octanol–water partition coefficient (Wildman–Crippen LogP) is 1.73. The number of rotatable bonds is 3. The molecule has 0 amide bonds. The van der Waals surface area contributed by atoms with E-state index in [1.165, 1.54) is 0 Å². The minimum Gasteiger partial charge on any atom is -0.495 e. The first-order valence-corrected chi connectivity index (χ1v) is 5.41. The summed E-state index contributed by atoms with van der Waals surface area (Å²) in [4.78, 5) is 0. The average Bonchev–Trinajstić information content (AvgIpc) is 2.70. The van der Waals surface area contributed by atoms with Gasteiger partial charge >= 0.3 is 0 Å². The summed E-state index contributed by atoms with van der Waals surface area (Å²) in [6.07, 6.45) is 0. The molecule has 0 saturated carbocycles. The van der Waals surface area contributed by atoms with Crippen molar-refractivity contribution in [2.45, 2.75) is 13.5 Å². The van der Waals surface area contributed by atoms with E-state index in [9.17, 15) is 0 Å². The van der Waals surface area contributed by atoms with Crippen LogP contribution in [0.25, 0.3) is 5.69 Å². The maximum atomic E-state index is 9.05. The zero-order chi connectivity index (χ0) is 12.4. The Balaban J connectivity index is 2.46. The van der Waals surface area contributed by atoms with Crippen LogP contribution in [0.2, 0.25) is 5.02 Å². The van der Waals surface area contributed by atoms with E-state index in [4.69, 9.17) is 21.4 Å². The van der Waals surface area contributed by atoms with E-state index in [1.54, 1.807) is 23.9 Å². The zero-order valence-corrected chi connectivity index (χ0v) is 10.3. The highest BCUT2D eigenvalue weighted by Crippen LogP contribution is 2.26. The normalized spacial score (nSPS) is 10.6. The predicted molar refractivity (Wildman–Crippen MR) is 63.6 cm³/mol. The van der Waals surface area contributed by atoms with E-state index in [-0.39, 0.29) is 6.61 Å². The molecule has 1 N–H and O–H groups in total. The van der Waals surface area contributed by atoms with Crippen molar-refractivity contribution in [2.24, 2.45) is 0 Å². The minimum atomic E-state index is -0.129. The largest absolute Gasteiger partial charge is 0.495 e. The fourth-order valence-electron chi connectivity index (χ4n) is 1.54. The SMILES string of the molecule is COc1ccc(-n2nnc(CO)c2C)cc1Cl. The first-order chi connectivity index (χ1) is 8.17. The summed E-state index contributed by atoms with van der Waals surface area (Å²) in [5.74, 6) is 0.607. The van der Waals surface area contributed by atoms with Crippen molar-refractivity contribution in [2.75, 3.05) is 7.11 Å². The molecule has 5 nitrogen and oxygen atoms in total. The Kier molecular flexibility index (Phi) is 3.31. The number of hydrogen-bond acceptors (Lipinski definition) is 4. The van der Waals surface area contributed by atoms with Crippen molar-refractivity contribution in [1.82, 2.24) is 15.0 Å². The highest BCUT2D eigenvalue weighted by Gasteiger charge is 2.10. The lowest BCUT2D eigenvalue weighted by Gasteiger charge is -2.07. The lowest BCUT2D eigenvalue weighted by atomic mass is 10.3. The molecule has 0 aliphatic carbocycles. The molecule has 0 aliphatic rings. The second-order valence-electron chi connectivity index (χ2n) is 3.51. The first kappa shape index (κ1) is 11.9. The van der Waals surface area contributed by atoms with Gasteiger partial charge in [0.2, 0.25) is 0 Å². The monoisotopic (exact) mass is 253 g/mol. The average molecular weight is 254 g/mol. The summed E-state index contributed by atoms with van der Waals surface area (Å²) in [5, 5.41) is 17.4. The summed E-state index contributed by atoms with van der Waals surface area (Å²) < 4.78 is 6.70. The molecule has 2 rings (SSSR count). The van der Waals surface area contributed by atoms with Crippen LogP contribution in [0.4, 0.5) is 0 Å². The van der Waals surface area contributed by atoms with E-state index < -0.39 is 0 Å². The van der Waals surface area contributed by atoms with Crippen molar-refractivity contribution in [3.8, 4) is 11.4 Å². The molecule has 1 aromatic heterocycles. The number of hydrogen-bond donors (Lipinski definition) is 1. The Morgan fingerprint density at radius 3 is 2.76 bits per heavy atom. The molecule has 0 radical (unpaired) electrons. The van der Waals surface area contributed by atoms with E-state index >= 15 is 0 Å². The maximum absolute atomic E-state index is 9.05. The molecule has 90 valence electrons. The number of aliphatic hydroxyl groups is 1. The Morgan fingerprint density at radius 1 is 1.47 bits per heavy atom. The molecule has 0 fully saturated rings. The van der Waals surface area contributed by atoms with Crippen molar-refractivity contribution < 1.29 is 9.84 Å². The molecule has 0 aliphatic heterocycles. The van der Waals surface area contributed by atoms with Crippen molar-refractivity contribution in [3.05, 3.63) is 34.6 Å². The molecule has 0 atom stereocenters. The molecule has 1 heterocycles. The molecule has 2 aromatic rings. The van der Waals surface area contributed by atoms with Crippen LogP contribution in [-0.2, 0) is 6.61 Å². The number of aromatic nitrogens is 3. The van der Waals surface area contributed by atoms with Gasteiger partial charge in [0.25, 0.3) is 0 Å². The Morgan fingerprint density at radius 2 is 2.24 bits per heavy atom. The summed E-state index contributed by atoms with van der Waals surface area (Å²) in [6.45, 7) is 1.71. The van der Waals surface area contributed by atoms with Gasteiger partial charge in [-0.05, 0) is 25.1 Å². The summed E-state index contributed by atoms with van der Waals surface area (Å²) >= 11 is 6.04. The van der Waals surface area contributed by atoms with Crippen molar-refractivity contribution in [1.29, 1.82) is 0 Å². The fraction of sp³-hybridized carbons (Fsp3) is 0.273. The molecular weight excluding hydrogens is 242 g/mol. The van der Waals surface area contributed by atoms with Crippen LogP contribution in [0.5, 0.6) is 5.75 Å². The number of benzene rings is 1. The Hall–Kier alpha value is -1.59. The van der Waals surface area contributed by atoms with Crippen LogP contribution in [0.15, 0.2) is 18.2 Å². The number of nitrogens with zero attached hydrogens (tertiary/aromatic N) is 3. The van der Waals surface area contributed by atoms with Gasteiger partial charge < -0.3 is 9.84 Å². The molecular formula is C11H12ClN3O2. The van der Waals surface area contributed by atoms with E-state index in [0.717, 1.165) is 11.4 Å². The fourth-order valence-corrected chi connectivity index (χ4v) is 1.79. The van der Waals surface area contributed by atoms with Crippen molar-refractivity contribution >= 4 is 11.6 Å². The maximum Gasteiger partial charge on any atom is 0.137 e. The topological polar surface area (TPSA) is 60.2 Å². The van der Waals surface area contributed by atoms with Gasteiger partial charge in [0.15, 0.2) is 0 Å². The van der Waals surface area contributed by atoms with Crippen LogP contribution in [0, 0.1) is 6.92 Å². The molecule has 6 heteroatoms. The van der Waals surface area contributed by atoms with E-state index in [0.29, 0.717) is 16.5 Å². The standard InChI is InChI=1S/C11H12ClN3O2/c1-7-10(6-16)13-14-15(7)8-3-4-11(17-2)9(12)5-8/h3-5,16H,6H2,1-2H3. The molecule has 0 unspecified atom stereocenters. The molecule has 17 heavy (non-hydrogen) atoms. The third-order valence-corrected chi connectivity index (χ3v) is 2.82. The number of ether oxygens (including phenoxy) is 1. The first-order valence-electron chi connectivity index (χ1n) is 5.03. The highest BCUT2D eigenvalue weighted by atomic mass is 35.5. The number of methoxy groups -OCH3 is 1. The molecule has 0 spiro atoms. The van der Waals surface area contributed by atoms with Gasteiger partial charge in [0, 0.05) is 0 Å². The van der Waals surface area contributed by atoms with Crippen LogP contribution in [0.1, 0.15) is 11.4 Å². The summed E-state index contributed by atoms with van der Waals surface area (Å²) in [5.41, 5.74) is 2.12. The lowest BCUT2D eigenvalue weighted by Crippen LogP contribution is -2.00. The van der Waals surface area contributed by atoms with Gasteiger partial charge in [0.05, 0.1) is 30.1 Å². The highest BCUT2D eigenvalue weighted by molar-refractivity contribution is 6.32. The Bertz CT molecular complexity index is 540. The van der Waals surface area contributed by atoms with E-state index in [2.05, 4.69) is 10.3 Å². The quantitative estimate of drug-likeness (QED) is 0.905. The van der Waals surface area contributed by atoms with Gasteiger partial charge in [-0.1, -0.05) is 16.8 Å². The van der Waals surface area contributed by atoms with Gasteiger partial charge in [-0.2, -0.15) is 0 Å². The Labute approximate surface area is 104 Å². The van der Waals surface area contributed by atoms with Gasteiger partial charge in [-0.15, -0.1) is 5.10 Å². The smallest absolute Gasteiger partial charge is 0.137 e. The van der Waals surface area contributed by atoms with Gasteiger partial charge in [0.1, 0.15) is 11.4 Å². The minimum absolute atomic E-state index is 0.129. The van der Waals surface area contributed by atoms with Crippen LogP contribution in [0.3, 0.4) is 0 Å². The van der Waals surface area contributed by atoms with Crippen molar-refractivity contribution in [3.63, 3.8) is 0 Å². The zero-order valence-electron chi connectivity index (χ0n) is 9.51. The summed E-state index contributed by atoms with van der Waals surface area (Å²) in [7, 11) is 1.56.